The quantitative estimate of drug-likeness (QED) is 0.162. The van der Waals surface area contributed by atoms with E-state index < -0.39 is 0 Å². The molecule has 0 saturated heterocycles. The van der Waals surface area contributed by atoms with Crippen molar-refractivity contribution in [1.82, 2.24) is 9.66 Å². The van der Waals surface area contributed by atoms with Crippen molar-refractivity contribution in [1.29, 1.82) is 0 Å². The highest BCUT2D eigenvalue weighted by Gasteiger charge is 2.20. The predicted octanol–water partition coefficient (Wildman–Crippen LogP) is 7.41. The van der Waals surface area contributed by atoms with Crippen molar-refractivity contribution in [3.8, 4) is 28.8 Å². The lowest BCUT2D eigenvalue weighted by atomic mass is 10.2. The van der Waals surface area contributed by atoms with Crippen LogP contribution < -0.4 is 19.8 Å². The smallest absolute Gasteiger partial charge is 0.282 e. The Morgan fingerprint density at radius 3 is 2.54 bits per heavy atom. The summed E-state index contributed by atoms with van der Waals surface area (Å²) in [7, 11) is 3.17. The molecule has 0 amide bonds. The highest BCUT2D eigenvalue weighted by molar-refractivity contribution is 9.13. The van der Waals surface area contributed by atoms with Crippen LogP contribution in [0.25, 0.3) is 33.5 Å². The van der Waals surface area contributed by atoms with E-state index in [1.807, 2.05) is 38.1 Å². The van der Waals surface area contributed by atoms with Gasteiger partial charge in [-0.2, -0.15) is 9.78 Å². The van der Waals surface area contributed by atoms with Crippen LogP contribution in [0.15, 0.2) is 77.9 Å². The van der Waals surface area contributed by atoms with E-state index in [0.29, 0.717) is 54.0 Å². The summed E-state index contributed by atoms with van der Waals surface area (Å²) in [4.78, 5) is 18.4. The first-order valence-electron chi connectivity index (χ1n) is 12.2. The van der Waals surface area contributed by atoms with Crippen LogP contribution in [0.4, 0.5) is 0 Å². The monoisotopic (exact) mass is 653 g/mol. The SMILES string of the molecule is CC[C@H](C)Oc1c(OC)cc(C=Nn2c(-c3cc4c(OC)cccc4o3)nc3ccccc3c2=O)c(Br)c1Br. The number of benzene rings is 3. The molecule has 0 fully saturated rings. The molecule has 2 heterocycles. The number of fused-ring (bicyclic) bond motifs is 2. The second kappa shape index (κ2) is 11.2. The molecule has 0 unspecified atom stereocenters. The van der Waals surface area contributed by atoms with Gasteiger partial charge in [0.15, 0.2) is 17.3 Å². The molecule has 0 bridgehead atoms. The molecule has 0 aliphatic heterocycles. The first-order valence-corrected chi connectivity index (χ1v) is 13.8. The van der Waals surface area contributed by atoms with Gasteiger partial charge in [-0.1, -0.05) is 25.1 Å². The molecule has 0 saturated carbocycles. The van der Waals surface area contributed by atoms with Gasteiger partial charge in [-0.15, -0.1) is 0 Å². The van der Waals surface area contributed by atoms with Gasteiger partial charge in [-0.3, -0.25) is 4.79 Å². The van der Waals surface area contributed by atoms with E-state index in [0.717, 1.165) is 11.8 Å². The zero-order valence-corrected chi connectivity index (χ0v) is 24.9. The second-order valence-electron chi connectivity index (χ2n) is 8.76. The Hall–Kier alpha value is -3.63. The van der Waals surface area contributed by atoms with Crippen LogP contribution in [0.5, 0.6) is 17.2 Å². The lowest BCUT2D eigenvalue weighted by Crippen LogP contribution is -2.20. The van der Waals surface area contributed by atoms with Crippen LogP contribution in [0.3, 0.4) is 0 Å². The zero-order valence-electron chi connectivity index (χ0n) is 21.7. The van der Waals surface area contributed by atoms with Gasteiger partial charge in [-0.25, -0.2) is 4.98 Å². The van der Waals surface area contributed by atoms with Crippen LogP contribution in [-0.2, 0) is 0 Å². The topological polar surface area (TPSA) is 88.1 Å². The molecule has 3 aromatic carbocycles. The summed E-state index contributed by atoms with van der Waals surface area (Å²) in [6, 6.07) is 16.2. The van der Waals surface area contributed by atoms with Crippen LogP contribution in [0.2, 0.25) is 0 Å². The lowest BCUT2D eigenvalue weighted by molar-refractivity contribution is 0.206. The fourth-order valence-electron chi connectivity index (χ4n) is 4.08. The predicted molar refractivity (Wildman–Crippen MR) is 160 cm³/mol. The molecule has 5 aromatic rings. The van der Waals surface area contributed by atoms with Gasteiger partial charge < -0.3 is 18.6 Å². The van der Waals surface area contributed by atoms with Crippen molar-refractivity contribution in [2.75, 3.05) is 14.2 Å². The molecule has 1 atom stereocenters. The van der Waals surface area contributed by atoms with Gasteiger partial charge in [0.1, 0.15) is 11.3 Å². The van der Waals surface area contributed by atoms with Crippen LogP contribution in [0, 0.1) is 0 Å². The Morgan fingerprint density at radius 1 is 1.03 bits per heavy atom. The van der Waals surface area contributed by atoms with Gasteiger partial charge in [0, 0.05) is 10.0 Å². The maximum absolute atomic E-state index is 13.6. The van der Waals surface area contributed by atoms with Gasteiger partial charge in [0.25, 0.3) is 5.56 Å². The number of rotatable bonds is 8. The Kier molecular flexibility index (Phi) is 7.76. The van der Waals surface area contributed by atoms with Crippen molar-refractivity contribution in [2.24, 2.45) is 5.10 Å². The average molecular weight is 655 g/mol. The normalized spacial score (nSPS) is 12.4. The third kappa shape index (κ3) is 5.06. The molecule has 0 radical (unpaired) electrons. The molecule has 0 N–H and O–H groups in total. The summed E-state index contributed by atoms with van der Waals surface area (Å²) in [5, 5.41) is 5.78. The number of methoxy groups -OCH3 is 2. The first kappa shape index (κ1) is 27.0. The van der Waals surface area contributed by atoms with Gasteiger partial charge in [0.2, 0.25) is 5.82 Å². The molecule has 0 aliphatic rings. The van der Waals surface area contributed by atoms with E-state index in [2.05, 4.69) is 37.0 Å². The molecule has 0 spiro atoms. The fraction of sp³-hybridized carbons (Fsp3) is 0.207. The number of halogens is 2. The number of hydrogen-bond acceptors (Lipinski definition) is 7. The van der Waals surface area contributed by atoms with Crippen molar-refractivity contribution in [3.05, 3.63) is 79.5 Å². The van der Waals surface area contributed by atoms with E-state index in [4.69, 9.17) is 23.6 Å². The van der Waals surface area contributed by atoms with Gasteiger partial charge in [0.05, 0.1) is 47.3 Å². The van der Waals surface area contributed by atoms with Crippen molar-refractivity contribution >= 4 is 59.9 Å². The average Bonchev–Trinajstić information content (AvgIpc) is 3.40. The van der Waals surface area contributed by atoms with E-state index in [1.165, 1.54) is 4.68 Å². The van der Waals surface area contributed by atoms with Crippen LogP contribution in [-0.4, -0.2) is 36.2 Å². The maximum Gasteiger partial charge on any atom is 0.282 e. The zero-order chi connectivity index (χ0) is 27.7. The molecular formula is C29H25Br2N3O5. The molecular weight excluding hydrogens is 630 g/mol. The van der Waals surface area contributed by atoms with Crippen molar-refractivity contribution in [2.45, 2.75) is 26.4 Å². The minimum Gasteiger partial charge on any atom is -0.496 e. The van der Waals surface area contributed by atoms with Crippen molar-refractivity contribution in [3.63, 3.8) is 0 Å². The molecule has 39 heavy (non-hydrogen) atoms. The van der Waals surface area contributed by atoms with Crippen LogP contribution >= 0.6 is 31.9 Å². The molecule has 200 valence electrons. The van der Waals surface area contributed by atoms with E-state index in [-0.39, 0.29) is 17.5 Å². The Bertz CT molecular complexity index is 1780. The first-order chi connectivity index (χ1) is 18.9. The van der Waals surface area contributed by atoms with Gasteiger partial charge in [-0.05, 0) is 81.6 Å². The summed E-state index contributed by atoms with van der Waals surface area (Å²) < 4.78 is 25.9. The summed E-state index contributed by atoms with van der Waals surface area (Å²) in [5.41, 5.74) is 1.47. The third-order valence-corrected chi connectivity index (χ3v) is 8.44. The standard InChI is InChI=1S/C29H25Br2N3O5/c1-5-16(2)38-27-23(37-4)13-17(25(30)26(27)31)15-32-34-28(33-20-10-7-6-9-18(20)29(34)35)24-14-19-21(36-3)11-8-12-22(19)39-24/h6-16H,5H2,1-4H3/t16-/m0/s1. The summed E-state index contributed by atoms with van der Waals surface area (Å²) in [5.74, 6) is 2.40. The highest BCUT2D eigenvalue weighted by atomic mass is 79.9. The van der Waals surface area contributed by atoms with E-state index >= 15 is 0 Å². The van der Waals surface area contributed by atoms with E-state index in [9.17, 15) is 4.79 Å². The number of hydrogen-bond donors (Lipinski definition) is 0. The Morgan fingerprint density at radius 2 is 1.79 bits per heavy atom. The highest BCUT2D eigenvalue weighted by Crippen LogP contribution is 2.43. The molecule has 8 nitrogen and oxygen atoms in total. The number of para-hydroxylation sites is 1. The Balaban J connectivity index is 1.68. The largest absolute Gasteiger partial charge is 0.496 e. The molecule has 2 aromatic heterocycles. The van der Waals surface area contributed by atoms with Gasteiger partial charge >= 0.3 is 0 Å². The molecule has 0 aliphatic carbocycles. The number of furan rings is 1. The second-order valence-corrected chi connectivity index (χ2v) is 10.3. The third-order valence-electron chi connectivity index (χ3n) is 6.30. The minimum atomic E-state index is -0.335. The van der Waals surface area contributed by atoms with E-state index in [1.54, 1.807) is 50.8 Å². The lowest BCUT2D eigenvalue weighted by Gasteiger charge is -2.18. The minimum absolute atomic E-state index is 0.00569. The van der Waals surface area contributed by atoms with Crippen molar-refractivity contribution < 1.29 is 18.6 Å². The molecule has 5 rings (SSSR count). The Labute approximate surface area is 241 Å². The number of ether oxygens (including phenoxy) is 3. The molecule has 10 heteroatoms. The van der Waals surface area contributed by atoms with Crippen LogP contribution in [0.1, 0.15) is 25.8 Å². The number of aromatic nitrogens is 2. The summed E-state index contributed by atoms with van der Waals surface area (Å²) >= 11 is 7.25. The maximum atomic E-state index is 13.6. The summed E-state index contributed by atoms with van der Waals surface area (Å²) in [6.07, 6.45) is 2.40. The summed E-state index contributed by atoms with van der Waals surface area (Å²) in [6.45, 7) is 4.04. The number of nitrogens with zero attached hydrogens (tertiary/aromatic N) is 3. The fourth-order valence-corrected chi connectivity index (χ4v) is 4.99.